The Labute approximate surface area is 57.4 Å². The summed E-state index contributed by atoms with van der Waals surface area (Å²) in [5.74, 6) is 0.757. The van der Waals surface area contributed by atoms with Gasteiger partial charge in [0.1, 0.15) is 0 Å². The van der Waals surface area contributed by atoms with Gasteiger partial charge in [0.15, 0.2) is 0 Å². The molecule has 0 radical (unpaired) electrons. The zero-order chi connectivity index (χ0) is 7.11. The van der Waals surface area contributed by atoms with Gasteiger partial charge in [0, 0.05) is 0 Å². The number of aliphatic hydroxyl groups is 1. The lowest BCUT2D eigenvalue weighted by Crippen LogP contribution is -1.87. The predicted octanol–water partition coefficient (Wildman–Crippen LogP) is 1.97. The van der Waals surface area contributed by atoms with Crippen molar-refractivity contribution in [1.82, 2.24) is 0 Å². The first-order valence-electron chi connectivity index (χ1n) is 3.57. The van der Waals surface area contributed by atoms with Crippen molar-refractivity contribution in [3.63, 3.8) is 0 Å². The summed E-state index contributed by atoms with van der Waals surface area (Å²) >= 11 is 0. The van der Waals surface area contributed by atoms with Gasteiger partial charge in [0.05, 0.1) is 6.61 Å². The minimum absolute atomic E-state index is 0.177. The molecule has 0 amide bonds. The van der Waals surface area contributed by atoms with Gasteiger partial charge < -0.3 is 5.11 Å². The molecule has 0 aromatic heterocycles. The van der Waals surface area contributed by atoms with Gasteiger partial charge >= 0.3 is 0 Å². The van der Waals surface area contributed by atoms with Crippen LogP contribution in [0.1, 0.15) is 26.7 Å². The van der Waals surface area contributed by atoms with Crippen LogP contribution in [0.5, 0.6) is 0 Å². The number of hydrogen-bond acceptors (Lipinski definition) is 1. The molecule has 0 aliphatic carbocycles. The van der Waals surface area contributed by atoms with Crippen LogP contribution in [0.25, 0.3) is 0 Å². The van der Waals surface area contributed by atoms with Crippen molar-refractivity contribution in [2.24, 2.45) is 5.92 Å². The molecule has 1 heteroatoms. The SMILES string of the molecule is CCC(C)C/C=C/CO. The largest absolute Gasteiger partial charge is 0.392 e. The molecular formula is C8H16O. The smallest absolute Gasteiger partial charge is 0.0612 e. The fourth-order valence-electron chi connectivity index (χ4n) is 0.570. The number of hydrogen-bond donors (Lipinski definition) is 1. The third kappa shape index (κ3) is 5.57. The van der Waals surface area contributed by atoms with Crippen LogP contribution < -0.4 is 0 Å². The zero-order valence-electron chi connectivity index (χ0n) is 6.30. The van der Waals surface area contributed by atoms with Crippen molar-refractivity contribution < 1.29 is 5.11 Å². The summed E-state index contributed by atoms with van der Waals surface area (Å²) in [6.45, 7) is 4.57. The summed E-state index contributed by atoms with van der Waals surface area (Å²) in [6, 6.07) is 0. The summed E-state index contributed by atoms with van der Waals surface area (Å²) in [4.78, 5) is 0. The maximum absolute atomic E-state index is 8.37. The fraction of sp³-hybridized carbons (Fsp3) is 0.750. The second-order valence-electron chi connectivity index (χ2n) is 2.40. The maximum Gasteiger partial charge on any atom is 0.0612 e. The molecule has 0 bridgehead atoms. The highest BCUT2D eigenvalue weighted by Crippen LogP contribution is 2.05. The van der Waals surface area contributed by atoms with E-state index in [9.17, 15) is 0 Å². The molecule has 0 saturated heterocycles. The van der Waals surface area contributed by atoms with Crippen LogP contribution >= 0.6 is 0 Å². The zero-order valence-corrected chi connectivity index (χ0v) is 6.30. The molecule has 54 valence electrons. The molecule has 1 atom stereocenters. The van der Waals surface area contributed by atoms with E-state index in [0.717, 1.165) is 12.3 Å². The van der Waals surface area contributed by atoms with Crippen molar-refractivity contribution in [2.45, 2.75) is 26.7 Å². The first-order valence-corrected chi connectivity index (χ1v) is 3.57. The second kappa shape index (κ2) is 5.83. The van der Waals surface area contributed by atoms with Gasteiger partial charge in [-0.2, -0.15) is 0 Å². The molecule has 0 aromatic rings. The normalized spacial score (nSPS) is 14.6. The Kier molecular flexibility index (Phi) is 5.64. The average molecular weight is 128 g/mol. The molecule has 9 heavy (non-hydrogen) atoms. The van der Waals surface area contributed by atoms with E-state index >= 15 is 0 Å². The minimum Gasteiger partial charge on any atom is -0.392 e. The van der Waals surface area contributed by atoms with E-state index in [2.05, 4.69) is 13.8 Å². The molecule has 0 aliphatic rings. The minimum atomic E-state index is 0.177. The molecular weight excluding hydrogens is 112 g/mol. The first-order chi connectivity index (χ1) is 4.31. The van der Waals surface area contributed by atoms with Gasteiger partial charge in [-0.25, -0.2) is 0 Å². The first kappa shape index (κ1) is 8.70. The number of allylic oxidation sites excluding steroid dienone is 1. The van der Waals surface area contributed by atoms with E-state index in [-0.39, 0.29) is 6.61 Å². The monoisotopic (exact) mass is 128 g/mol. The van der Waals surface area contributed by atoms with Gasteiger partial charge in [0.2, 0.25) is 0 Å². The molecule has 0 fully saturated rings. The summed E-state index contributed by atoms with van der Waals surface area (Å²) < 4.78 is 0. The lowest BCUT2D eigenvalue weighted by molar-refractivity contribution is 0.342. The number of rotatable bonds is 4. The average Bonchev–Trinajstić information content (AvgIpc) is 1.89. The summed E-state index contributed by atoms with van der Waals surface area (Å²) in [6.07, 6.45) is 6.15. The highest BCUT2D eigenvalue weighted by Gasteiger charge is 1.91. The predicted molar refractivity (Wildman–Crippen MR) is 40.3 cm³/mol. The number of aliphatic hydroxyl groups excluding tert-OH is 1. The van der Waals surface area contributed by atoms with Crippen LogP contribution in [-0.2, 0) is 0 Å². The van der Waals surface area contributed by atoms with Gasteiger partial charge in [-0.1, -0.05) is 32.4 Å². The Morgan fingerprint density at radius 3 is 2.56 bits per heavy atom. The van der Waals surface area contributed by atoms with Crippen molar-refractivity contribution >= 4 is 0 Å². The molecule has 0 heterocycles. The van der Waals surface area contributed by atoms with Gasteiger partial charge in [-0.15, -0.1) is 0 Å². The third-order valence-corrected chi connectivity index (χ3v) is 1.51. The van der Waals surface area contributed by atoms with E-state index in [0.29, 0.717) is 0 Å². The quantitative estimate of drug-likeness (QED) is 0.574. The summed E-state index contributed by atoms with van der Waals surface area (Å²) in [5, 5.41) is 8.37. The fourth-order valence-corrected chi connectivity index (χ4v) is 0.570. The van der Waals surface area contributed by atoms with Gasteiger partial charge in [-0.05, 0) is 12.3 Å². The lowest BCUT2D eigenvalue weighted by atomic mass is 10.1. The van der Waals surface area contributed by atoms with Crippen LogP contribution in [-0.4, -0.2) is 11.7 Å². The topological polar surface area (TPSA) is 20.2 Å². The van der Waals surface area contributed by atoms with Crippen molar-refractivity contribution in [2.75, 3.05) is 6.61 Å². The summed E-state index contributed by atoms with van der Waals surface area (Å²) in [7, 11) is 0. The maximum atomic E-state index is 8.37. The van der Waals surface area contributed by atoms with E-state index in [1.54, 1.807) is 6.08 Å². The molecule has 0 aromatic carbocycles. The van der Waals surface area contributed by atoms with Crippen LogP contribution in [0, 0.1) is 5.92 Å². The van der Waals surface area contributed by atoms with E-state index < -0.39 is 0 Å². The summed E-state index contributed by atoms with van der Waals surface area (Å²) in [5.41, 5.74) is 0. The highest BCUT2D eigenvalue weighted by atomic mass is 16.2. The second-order valence-corrected chi connectivity index (χ2v) is 2.40. The van der Waals surface area contributed by atoms with E-state index in [1.165, 1.54) is 6.42 Å². The molecule has 1 nitrogen and oxygen atoms in total. The Bertz CT molecular complexity index is 76.6. The van der Waals surface area contributed by atoms with Crippen molar-refractivity contribution in [3.05, 3.63) is 12.2 Å². The van der Waals surface area contributed by atoms with Crippen LogP contribution in [0.2, 0.25) is 0 Å². The van der Waals surface area contributed by atoms with Crippen LogP contribution in [0.3, 0.4) is 0 Å². The standard InChI is InChI=1S/C8H16O/c1-3-8(2)6-4-5-7-9/h4-5,8-9H,3,6-7H2,1-2H3/b5-4+. The van der Waals surface area contributed by atoms with Crippen molar-refractivity contribution in [1.29, 1.82) is 0 Å². The Balaban J connectivity index is 3.15. The molecule has 0 saturated carbocycles. The molecule has 0 spiro atoms. The third-order valence-electron chi connectivity index (χ3n) is 1.51. The Hall–Kier alpha value is -0.300. The molecule has 1 unspecified atom stereocenters. The van der Waals surface area contributed by atoms with E-state index in [4.69, 9.17) is 5.11 Å². The Morgan fingerprint density at radius 1 is 1.44 bits per heavy atom. The Morgan fingerprint density at radius 2 is 2.11 bits per heavy atom. The molecule has 0 aliphatic heterocycles. The molecule has 0 rings (SSSR count). The lowest BCUT2D eigenvalue weighted by Gasteiger charge is -2.01. The molecule has 1 N–H and O–H groups in total. The van der Waals surface area contributed by atoms with Gasteiger partial charge in [0.25, 0.3) is 0 Å². The van der Waals surface area contributed by atoms with Crippen LogP contribution in [0.15, 0.2) is 12.2 Å². The van der Waals surface area contributed by atoms with Gasteiger partial charge in [-0.3, -0.25) is 0 Å². The highest BCUT2D eigenvalue weighted by molar-refractivity contribution is 4.81. The van der Waals surface area contributed by atoms with Crippen molar-refractivity contribution in [3.8, 4) is 0 Å². The van der Waals surface area contributed by atoms with E-state index in [1.807, 2.05) is 6.08 Å². The van der Waals surface area contributed by atoms with Crippen LogP contribution in [0.4, 0.5) is 0 Å².